The Morgan fingerprint density at radius 3 is 2.89 bits per heavy atom. The van der Waals surface area contributed by atoms with Gasteiger partial charge in [-0.05, 0) is 36.4 Å². The quantitative estimate of drug-likeness (QED) is 0.582. The number of pyridine rings is 1. The predicted molar refractivity (Wildman–Crippen MR) is 95.2 cm³/mol. The van der Waals surface area contributed by atoms with Gasteiger partial charge in [-0.1, -0.05) is 0 Å². The number of aromatic nitrogens is 5. The fourth-order valence-electron chi connectivity index (χ4n) is 2.73. The summed E-state index contributed by atoms with van der Waals surface area (Å²) >= 11 is 0. The maximum absolute atomic E-state index is 13.6. The minimum Gasteiger partial charge on any atom is -0.339 e. The lowest BCUT2D eigenvalue weighted by Gasteiger charge is -2.03. The lowest BCUT2D eigenvalue weighted by Crippen LogP contribution is -2.18. The van der Waals surface area contributed by atoms with Crippen LogP contribution in [0.1, 0.15) is 16.2 Å². The number of carbonyl (C=O) groups excluding carboxylic acids is 1. The average molecular weight is 361 g/mol. The highest BCUT2D eigenvalue weighted by Gasteiger charge is 2.14. The molecule has 2 N–H and O–H groups in total. The highest BCUT2D eigenvalue weighted by molar-refractivity contribution is 6.01. The summed E-state index contributed by atoms with van der Waals surface area (Å²) in [7, 11) is 1.61. The van der Waals surface area contributed by atoms with E-state index in [0.717, 1.165) is 5.39 Å². The van der Waals surface area contributed by atoms with Crippen LogP contribution in [0.25, 0.3) is 22.3 Å². The Balaban J connectivity index is 1.69. The molecule has 0 radical (unpaired) electrons. The van der Waals surface area contributed by atoms with Gasteiger partial charge in [0.1, 0.15) is 23.6 Å². The maximum atomic E-state index is 13.6. The number of benzene rings is 1. The molecule has 0 spiro atoms. The van der Waals surface area contributed by atoms with Gasteiger partial charge >= 0.3 is 0 Å². The minimum absolute atomic E-state index is 0.155. The Morgan fingerprint density at radius 2 is 2.15 bits per heavy atom. The second kappa shape index (κ2) is 6.34. The largest absolute Gasteiger partial charge is 0.339 e. The van der Waals surface area contributed by atoms with E-state index in [1.807, 2.05) is 6.07 Å². The molecule has 0 bridgehead atoms. The normalized spacial score (nSPS) is 10.7. The molecule has 27 heavy (non-hydrogen) atoms. The van der Waals surface area contributed by atoms with E-state index < -0.39 is 11.7 Å². The van der Waals surface area contributed by atoms with Crippen molar-refractivity contribution in [2.24, 2.45) is 7.05 Å². The summed E-state index contributed by atoms with van der Waals surface area (Å²) in [4.78, 5) is 23.5. The van der Waals surface area contributed by atoms with Gasteiger partial charge < -0.3 is 10.3 Å². The number of nitriles is 1. The number of halogens is 1. The number of hydrogen-bond acceptors (Lipinski definition) is 5. The Labute approximate surface area is 152 Å². The third-order valence-corrected chi connectivity index (χ3v) is 4.03. The molecule has 0 saturated carbocycles. The summed E-state index contributed by atoms with van der Waals surface area (Å²) in [5, 5.41) is 16.5. The fraction of sp³-hybridized carbons (Fsp3) is 0.0556. The molecule has 3 aromatic heterocycles. The van der Waals surface area contributed by atoms with Gasteiger partial charge in [0.15, 0.2) is 0 Å². The first kappa shape index (κ1) is 16.4. The summed E-state index contributed by atoms with van der Waals surface area (Å²) in [6.07, 6.45) is 1.29. The Bertz CT molecular complexity index is 1220. The van der Waals surface area contributed by atoms with Crippen LogP contribution in [0.3, 0.4) is 0 Å². The number of anilines is 1. The van der Waals surface area contributed by atoms with E-state index in [1.165, 1.54) is 29.2 Å². The van der Waals surface area contributed by atoms with Crippen molar-refractivity contribution < 1.29 is 9.18 Å². The van der Waals surface area contributed by atoms with E-state index in [1.54, 1.807) is 25.2 Å². The van der Waals surface area contributed by atoms with Crippen molar-refractivity contribution in [3.05, 3.63) is 59.9 Å². The number of fused-ring (bicyclic) bond motifs is 1. The van der Waals surface area contributed by atoms with Gasteiger partial charge in [-0.3, -0.25) is 4.79 Å². The molecule has 132 valence electrons. The number of carbonyl (C=O) groups is 1. The van der Waals surface area contributed by atoms with Gasteiger partial charge in [-0.2, -0.15) is 10.4 Å². The molecule has 9 heteroatoms. The topological polar surface area (TPSA) is 112 Å². The number of nitrogens with zero attached hydrogens (tertiary/aromatic N) is 5. The van der Waals surface area contributed by atoms with E-state index in [0.29, 0.717) is 28.3 Å². The van der Waals surface area contributed by atoms with Crippen LogP contribution in [0, 0.1) is 17.1 Å². The molecule has 0 atom stereocenters. The number of aryl methyl sites for hydroxylation is 1. The van der Waals surface area contributed by atoms with E-state index in [2.05, 4.69) is 25.4 Å². The molecule has 4 rings (SSSR count). The first-order valence-electron chi connectivity index (χ1n) is 7.90. The SMILES string of the molecule is Cn1ncnc1C(=O)Nc1ccc2cc(-c3cc(F)ccc3C#N)[nH]c2n1. The van der Waals surface area contributed by atoms with Crippen LogP contribution >= 0.6 is 0 Å². The van der Waals surface area contributed by atoms with Crippen LogP contribution in [0.2, 0.25) is 0 Å². The second-order valence-electron chi connectivity index (χ2n) is 5.78. The van der Waals surface area contributed by atoms with Crippen molar-refractivity contribution in [3.63, 3.8) is 0 Å². The third-order valence-electron chi connectivity index (χ3n) is 4.03. The van der Waals surface area contributed by atoms with E-state index in [-0.39, 0.29) is 5.82 Å². The Hall–Kier alpha value is -4.06. The lowest BCUT2D eigenvalue weighted by atomic mass is 10.1. The van der Waals surface area contributed by atoms with Gasteiger partial charge in [-0.15, -0.1) is 0 Å². The highest BCUT2D eigenvalue weighted by Crippen LogP contribution is 2.27. The zero-order valence-electron chi connectivity index (χ0n) is 14.1. The minimum atomic E-state index is -0.439. The van der Waals surface area contributed by atoms with Crippen molar-refractivity contribution in [3.8, 4) is 17.3 Å². The summed E-state index contributed by atoms with van der Waals surface area (Å²) in [6, 6.07) is 11.2. The van der Waals surface area contributed by atoms with Crippen molar-refractivity contribution in [2.45, 2.75) is 0 Å². The molecule has 0 unspecified atom stereocenters. The zero-order chi connectivity index (χ0) is 19.0. The highest BCUT2D eigenvalue weighted by atomic mass is 19.1. The molecule has 3 heterocycles. The Morgan fingerprint density at radius 1 is 1.30 bits per heavy atom. The third kappa shape index (κ3) is 3.00. The molecule has 1 aromatic carbocycles. The monoisotopic (exact) mass is 361 g/mol. The van der Waals surface area contributed by atoms with E-state index in [9.17, 15) is 14.4 Å². The number of rotatable bonds is 3. The Kier molecular flexibility index (Phi) is 3.86. The summed E-state index contributed by atoms with van der Waals surface area (Å²) in [5.74, 6) is -0.399. The molecular formula is C18H12FN7O. The van der Waals surface area contributed by atoms with Crippen molar-refractivity contribution in [1.82, 2.24) is 24.7 Å². The van der Waals surface area contributed by atoms with Gasteiger partial charge in [-0.25, -0.2) is 19.0 Å². The van der Waals surface area contributed by atoms with Gasteiger partial charge in [0.25, 0.3) is 5.91 Å². The van der Waals surface area contributed by atoms with Gasteiger partial charge in [0, 0.05) is 23.7 Å². The molecule has 0 aliphatic heterocycles. The standard InChI is InChI=1S/C18H12FN7O/c1-26-17(21-9-22-26)18(27)25-15-5-3-10-6-14(23-16(10)24-15)13-7-12(19)4-2-11(13)8-20/h2-7,9H,1H3,(H2,23,24,25,27). The van der Waals surface area contributed by atoms with Crippen LogP contribution in [0.15, 0.2) is 42.7 Å². The van der Waals surface area contributed by atoms with Gasteiger partial charge in [0.2, 0.25) is 5.82 Å². The molecular weight excluding hydrogens is 349 g/mol. The number of aromatic amines is 1. The molecule has 4 aromatic rings. The molecule has 1 amide bonds. The van der Waals surface area contributed by atoms with E-state index in [4.69, 9.17) is 0 Å². The van der Waals surface area contributed by atoms with Crippen molar-refractivity contribution in [1.29, 1.82) is 5.26 Å². The average Bonchev–Trinajstić information content (AvgIpc) is 3.27. The summed E-state index contributed by atoms with van der Waals surface area (Å²) < 4.78 is 15.0. The second-order valence-corrected chi connectivity index (χ2v) is 5.78. The van der Waals surface area contributed by atoms with Gasteiger partial charge in [0.05, 0.1) is 11.6 Å². The van der Waals surface area contributed by atoms with Crippen molar-refractivity contribution in [2.75, 3.05) is 5.32 Å². The number of H-pyrrole nitrogens is 1. The van der Waals surface area contributed by atoms with Crippen LogP contribution in [-0.2, 0) is 7.05 Å². The summed E-state index contributed by atoms with van der Waals surface area (Å²) in [6.45, 7) is 0. The maximum Gasteiger partial charge on any atom is 0.294 e. The molecule has 0 saturated heterocycles. The first-order chi connectivity index (χ1) is 13.0. The van der Waals surface area contributed by atoms with E-state index >= 15 is 0 Å². The molecule has 0 aliphatic carbocycles. The zero-order valence-corrected chi connectivity index (χ0v) is 14.1. The number of nitrogens with one attached hydrogen (secondary N) is 2. The molecule has 8 nitrogen and oxygen atoms in total. The van der Waals surface area contributed by atoms with Crippen molar-refractivity contribution >= 4 is 22.8 Å². The number of hydrogen-bond donors (Lipinski definition) is 2. The lowest BCUT2D eigenvalue weighted by molar-refractivity contribution is 0.101. The summed E-state index contributed by atoms with van der Waals surface area (Å²) in [5.41, 5.74) is 1.85. The van der Waals surface area contributed by atoms with Crippen LogP contribution in [0.5, 0.6) is 0 Å². The smallest absolute Gasteiger partial charge is 0.294 e. The fourth-order valence-corrected chi connectivity index (χ4v) is 2.73. The molecule has 0 fully saturated rings. The van der Waals surface area contributed by atoms with Crippen LogP contribution in [0.4, 0.5) is 10.2 Å². The predicted octanol–water partition coefficient (Wildman–Crippen LogP) is 2.62. The molecule has 0 aliphatic rings. The van der Waals surface area contributed by atoms with Crippen LogP contribution in [-0.4, -0.2) is 30.6 Å². The van der Waals surface area contributed by atoms with Crippen LogP contribution < -0.4 is 5.32 Å². The first-order valence-corrected chi connectivity index (χ1v) is 7.90. The number of amides is 1.